The van der Waals surface area contributed by atoms with Crippen LogP contribution in [0.1, 0.15) is 30.0 Å². The summed E-state index contributed by atoms with van der Waals surface area (Å²) >= 11 is 1.76. The number of thioether (sulfide) groups is 1. The average molecular weight is 276 g/mol. The molecule has 0 aromatic heterocycles. The molecule has 18 heavy (non-hydrogen) atoms. The van der Waals surface area contributed by atoms with Crippen LogP contribution in [0.25, 0.3) is 0 Å². The van der Waals surface area contributed by atoms with Gasteiger partial charge in [0.1, 0.15) is 0 Å². The Hall–Kier alpha value is -0.720. The van der Waals surface area contributed by atoms with Crippen LogP contribution in [-0.4, -0.2) is 11.0 Å². The Balaban J connectivity index is 2.25. The third-order valence-corrected chi connectivity index (χ3v) is 4.55. The second kappa shape index (κ2) is 5.50. The van der Waals surface area contributed by atoms with E-state index in [1.165, 1.54) is 12.1 Å². The Morgan fingerprint density at radius 1 is 1.39 bits per heavy atom. The van der Waals surface area contributed by atoms with E-state index in [2.05, 4.69) is 5.43 Å². The highest BCUT2D eigenvalue weighted by molar-refractivity contribution is 8.00. The molecular formula is C12H15F3N2S. The molecule has 1 saturated heterocycles. The molecule has 6 heteroatoms. The lowest BCUT2D eigenvalue weighted by Crippen LogP contribution is -2.34. The van der Waals surface area contributed by atoms with Gasteiger partial charge in [0.05, 0.1) is 11.6 Å². The fourth-order valence-electron chi connectivity index (χ4n) is 2.19. The molecule has 0 radical (unpaired) electrons. The van der Waals surface area contributed by atoms with Crippen LogP contribution in [-0.2, 0) is 6.18 Å². The smallest absolute Gasteiger partial charge is 0.271 e. The molecule has 0 spiro atoms. The van der Waals surface area contributed by atoms with E-state index in [4.69, 9.17) is 5.84 Å². The molecule has 1 aromatic rings. The number of hydrogen-bond donors (Lipinski definition) is 2. The lowest BCUT2D eigenvalue weighted by molar-refractivity contribution is -0.137. The summed E-state index contributed by atoms with van der Waals surface area (Å²) < 4.78 is 38.0. The first kappa shape index (κ1) is 13.7. The molecule has 3 N–H and O–H groups in total. The van der Waals surface area contributed by atoms with E-state index in [-0.39, 0.29) is 11.3 Å². The number of hydrazine groups is 1. The van der Waals surface area contributed by atoms with Gasteiger partial charge in [-0.2, -0.15) is 24.9 Å². The Morgan fingerprint density at radius 3 is 2.72 bits per heavy atom. The SMILES string of the molecule is NNC(c1cccc(C(F)(F)F)c1)C1CCCS1. The van der Waals surface area contributed by atoms with E-state index >= 15 is 0 Å². The molecule has 1 fully saturated rings. The molecule has 1 heterocycles. The number of halogens is 3. The van der Waals surface area contributed by atoms with E-state index in [1.54, 1.807) is 17.8 Å². The zero-order valence-corrected chi connectivity index (χ0v) is 10.5. The number of nitrogens with one attached hydrogen (secondary N) is 1. The molecule has 1 aliphatic rings. The van der Waals surface area contributed by atoms with Crippen LogP contribution in [0, 0.1) is 0 Å². The van der Waals surface area contributed by atoms with Crippen molar-refractivity contribution in [3.63, 3.8) is 0 Å². The van der Waals surface area contributed by atoms with Crippen LogP contribution >= 0.6 is 11.8 Å². The molecule has 0 aliphatic carbocycles. The third-order valence-electron chi connectivity index (χ3n) is 3.09. The van der Waals surface area contributed by atoms with Gasteiger partial charge in [0, 0.05) is 5.25 Å². The van der Waals surface area contributed by atoms with Gasteiger partial charge in [-0.15, -0.1) is 0 Å². The van der Waals surface area contributed by atoms with Crippen molar-refractivity contribution in [2.45, 2.75) is 30.3 Å². The summed E-state index contributed by atoms with van der Waals surface area (Å²) in [5.41, 5.74) is 2.63. The van der Waals surface area contributed by atoms with Crippen molar-refractivity contribution in [2.24, 2.45) is 5.84 Å². The van der Waals surface area contributed by atoms with Crippen molar-refractivity contribution >= 4 is 11.8 Å². The summed E-state index contributed by atoms with van der Waals surface area (Å²) in [5, 5.41) is 0.249. The molecule has 2 nitrogen and oxygen atoms in total. The minimum Gasteiger partial charge on any atom is -0.271 e. The van der Waals surface area contributed by atoms with Crippen molar-refractivity contribution in [1.82, 2.24) is 5.43 Å². The number of rotatable bonds is 3. The van der Waals surface area contributed by atoms with Crippen molar-refractivity contribution in [1.29, 1.82) is 0 Å². The Labute approximate surface area is 108 Å². The zero-order chi connectivity index (χ0) is 13.2. The topological polar surface area (TPSA) is 38.0 Å². The van der Waals surface area contributed by atoms with Crippen molar-refractivity contribution in [2.75, 3.05) is 5.75 Å². The van der Waals surface area contributed by atoms with Crippen LogP contribution in [0.5, 0.6) is 0 Å². The standard InChI is InChI=1S/C12H15F3N2S/c13-12(14,15)9-4-1-3-8(7-9)11(17-16)10-5-2-6-18-10/h1,3-4,7,10-11,17H,2,5-6,16H2. The molecule has 0 bridgehead atoms. The second-order valence-electron chi connectivity index (χ2n) is 4.32. The van der Waals surface area contributed by atoms with Gasteiger partial charge < -0.3 is 0 Å². The maximum Gasteiger partial charge on any atom is 0.416 e. The normalized spacial score (nSPS) is 22.1. The summed E-state index contributed by atoms with van der Waals surface area (Å²) in [6, 6.07) is 5.17. The second-order valence-corrected chi connectivity index (χ2v) is 5.67. The average Bonchev–Trinajstić information content (AvgIpc) is 2.83. The van der Waals surface area contributed by atoms with Gasteiger partial charge in [0.15, 0.2) is 0 Å². The number of benzene rings is 1. The summed E-state index contributed by atoms with van der Waals surface area (Å²) in [6.45, 7) is 0. The molecule has 2 rings (SSSR count). The molecule has 1 aliphatic heterocycles. The third kappa shape index (κ3) is 2.99. The monoisotopic (exact) mass is 276 g/mol. The van der Waals surface area contributed by atoms with Crippen molar-refractivity contribution < 1.29 is 13.2 Å². The minimum atomic E-state index is -4.31. The van der Waals surface area contributed by atoms with E-state index in [1.807, 2.05) is 0 Å². The highest BCUT2D eigenvalue weighted by Gasteiger charge is 2.32. The quantitative estimate of drug-likeness (QED) is 0.658. The van der Waals surface area contributed by atoms with Gasteiger partial charge in [0.2, 0.25) is 0 Å². The lowest BCUT2D eigenvalue weighted by atomic mass is 9.99. The van der Waals surface area contributed by atoms with Gasteiger partial charge in [0.25, 0.3) is 0 Å². The van der Waals surface area contributed by atoms with Crippen LogP contribution in [0.2, 0.25) is 0 Å². The summed E-state index contributed by atoms with van der Waals surface area (Å²) in [6.07, 6.45) is -2.24. The van der Waals surface area contributed by atoms with Gasteiger partial charge in [-0.05, 0) is 36.3 Å². The highest BCUT2D eigenvalue weighted by atomic mass is 32.2. The van der Waals surface area contributed by atoms with Crippen molar-refractivity contribution in [3.8, 4) is 0 Å². The molecule has 2 unspecified atom stereocenters. The maximum absolute atomic E-state index is 12.7. The predicted octanol–water partition coefficient (Wildman–Crippen LogP) is 3.11. The zero-order valence-electron chi connectivity index (χ0n) is 9.70. The molecule has 0 amide bonds. The largest absolute Gasteiger partial charge is 0.416 e. The van der Waals surface area contributed by atoms with E-state index in [0.29, 0.717) is 5.56 Å². The van der Waals surface area contributed by atoms with E-state index < -0.39 is 11.7 Å². The Morgan fingerprint density at radius 2 is 2.17 bits per heavy atom. The van der Waals surface area contributed by atoms with Gasteiger partial charge >= 0.3 is 6.18 Å². The van der Waals surface area contributed by atoms with Gasteiger partial charge in [-0.1, -0.05) is 12.1 Å². The van der Waals surface area contributed by atoms with Crippen LogP contribution < -0.4 is 11.3 Å². The highest BCUT2D eigenvalue weighted by Crippen LogP contribution is 2.37. The number of nitrogens with two attached hydrogens (primary N) is 1. The van der Waals surface area contributed by atoms with Crippen LogP contribution in [0.4, 0.5) is 13.2 Å². The molecule has 100 valence electrons. The van der Waals surface area contributed by atoms with Gasteiger partial charge in [-0.25, -0.2) is 0 Å². The minimum absolute atomic E-state index is 0.222. The predicted molar refractivity (Wildman–Crippen MR) is 67.0 cm³/mol. The fourth-order valence-corrected chi connectivity index (χ4v) is 3.59. The Bertz CT molecular complexity index is 403. The Kier molecular flexibility index (Phi) is 4.19. The molecule has 0 saturated carbocycles. The first-order valence-corrected chi connectivity index (χ1v) is 6.82. The van der Waals surface area contributed by atoms with E-state index in [0.717, 1.165) is 24.7 Å². The first-order valence-electron chi connectivity index (χ1n) is 5.77. The summed E-state index contributed by atoms with van der Waals surface area (Å²) in [5.74, 6) is 6.54. The first-order chi connectivity index (χ1) is 8.52. The molecular weight excluding hydrogens is 261 g/mol. The van der Waals surface area contributed by atoms with Crippen molar-refractivity contribution in [3.05, 3.63) is 35.4 Å². The summed E-state index contributed by atoms with van der Waals surface area (Å²) in [7, 11) is 0. The molecule has 1 aromatic carbocycles. The number of hydrogen-bond acceptors (Lipinski definition) is 3. The number of alkyl halides is 3. The van der Waals surface area contributed by atoms with Gasteiger partial charge in [-0.3, -0.25) is 11.3 Å². The summed E-state index contributed by atoms with van der Waals surface area (Å²) in [4.78, 5) is 0. The molecule has 2 atom stereocenters. The van der Waals surface area contributed by atoms with Crippen LogP contribution in [0.15, 0.2) is 24.3 Å². The van der Waals surface area contributed by atoms with Crippen LogP contribution in [0.3, 0.4) is 0 Å². The lowest BCUT2D eigenvalue weighted by Gasteiger charge is -2.23. The van der Waals surface area contributed by atoms with E-state index in [9.17, 15) is 13.2 Å². The fraction of sp³-hybridized carbons (Fsp3) is 0.500. The maximum atomic E-state index is 12.7.